The van der Waals surface area contributed by atoms with Gasteiger partial charge < -0.3 is 0 Å². The Morgan fingerprint density at radius 2 is 1.89 bits per heavy atom. The quantitative estimate of drug-likeness (QED) is 0.315. The first-order valence-corrected chi connectivity index (χ1v) is 11.8. The largest absolute Gasteiger partial charge is 0.272 e. The number of benzene rings is 1. The molecule has 0 aliphatic heterocycles. The Hall–Kier alpha value is -1.68. The van der Waals surface area contributed by atoms with Crippen LogP contribution in [0.4, 0.5) is 0 Å². The minimum Gasteiger partial charge on any atom is -0.272 e. The fraction of sp³-hybridized carbons (Fsp3) is 0.222. The van der Waals surface area contributed by atoms with E-state index < -0.39 is 0 Å². The van der Waals surface area contributed by atoms with Crippen molar-refractivity contribution >= 4 is 58.3 Å². The van der Waals surface area contributed by atoms with Gasteiger partial charge in [-0.2, -0.15) is 5.10 Å². The molecule has 0 unspecified atom stereocenters. The smallest absolute Gasteiger partial charge is 0.250 e. The predicted molar refractivity (Wildman–Crippen MR) is 116 cm³/mol. The van der Waals surface area contributed by atoms with E-state index >= 15 is 0 Å². The molecule has 1 amide bonds. The number of aromatic nitrogens is 2. The summed E-state index contributed by atoms with van der Waals surface area (Å²) < 4.78 is 1.69. The van der Waals surface area contributed by atoms with E-state index in [0.717, 1.165) is 24.9 Å². The number of aryl methyl sites for hydroxylation is 2. The predicted octanol–water partition coefficient (Wildman–Crippen LogP) is 4.75. The van der Waals surface area contributed by atoms with Gasteiger partial charge >= 0.3 is 0 Å². The zero-order valence-electron chi connectivity index (χ0n) is 14.8. The number of carbonyl (C=O) groups is 1. The molecule has 0 aliphatic rings. The summed E-state index contributed by atoms with van der Waals surface area (Å²) in [5.41, 5.74) is 6.21. The van der Waals surface area contributed by atoms with Crippen LogP contribution in [0.15, 0.2) is 49.5 Å². The second-order valence-corrected chi connectivity index (χ2v) is 10.0. The van der Waals surface area contributed by atoms with Gasteiger partial charge in [-0.05, 0) is 36.4 Å². The van der Waals surface area contributed by atoms with Crippen molar-refractivity contribution < 1.29 is 4.79 Å². The average Bonchev–Trinajstić information content (AvgIpc) is 3.29. The summed E-state index contributed by atoms with van der Waals surface area (Å²) in [5.74, 6) is 0.962. The number of amides is 1. The molecular formula is C18H18N4OS4. The molecular weight excluding hydrogens is 416 g/mol. The van der Waals surface area contributed by atoms with E-state index in [1.165, 1.54) is 34.2 Å². The molecule has 3 rings (SSSR count). The summed E-state index contributed by atoms with van der Waals surface area (Å²) >= 11 is 6.13. The molecule has 1 aromatic carbocycles. The molecule has 2 aromatic heterocycles. The van der Waals surface area contributed by atoms with E-state index in [2.05, 4.69) is 51.9 Å². The molecule has 0 saturated carbocycles. The summed E-state index contributed by atoms with van der Waals surface area (Å²) in [6, 6.07) is 10.5. The number of nitrogens with one attached hydrogen (secondary N) is 1. The lowest BCUT2D eigenvalue weighted by Crippen LogP contribution is -2.19. The molecule has 3 aromatic rings. The van der Waals surface area contributed by atoms with Crippen LogP contribution in [-0.4, -0.2) is 28.1 Å². The topological polar surface area (TPSA) is 67.2 Å². The van der Waals surface area contributed by atoms with Gasteiger partial charge in [-0.1, -0.05) is 64.7 Å². The Kier molecular flexibility index (Phi) is 7.45. The first kappa shape index (κ1) is 20.1. The molecule has 2 heterocycles. The zero-order valence-corrected chi connectivity index (χ0v) is 18.1. The fourth-order valence-electron chi connectivity index (χ4n) is 1.98. The first-order valence-electron chi connectivity index (χ1n) is 8.11. The van der Waals surface area contributed by atoms with Crippen LogP contribution in [0.1, 0.15) is 21.6 Å². The molecule has 0 radical (unpaired) electrons. The average molecular weight is 435 g/mol. The number of carbonyl (C=O) groups excluding carboxylic acids is 1. The number of thioether (sulfide) groups is 2. The molecule has 27 heavy (non-hydrogen) atoms. The second-order valence-electron chi connectivity index (χ2n) is 5.66. The van der Waals surface area contributed by atoms with Gasteiger partial charge in [0.15, 0.2) is 8.68 Å². The van der Waals surface area contributed by atoms with E-state index in [1.54, 1.807) is 29.3 Å². The third kappa shape index (κ3) is 6.46. The van der Waals surface area contributed by atoms with E-state index in [9.17, 15) is 4.79 Å². The highest BCUT2D eigenvalue weighted by molar-refractivity contribution is 8.03. The zero-order chi connectivity index (χ0) is 19.1. The van der Waals surface area contributed by atoms with Crippen molar-refractivity contribution in [3.63, 3.8) is 0 Å². The van der Waals surface area contributed by atoms with Crippen molar-refractivity contribution in [3.05, 3.63) is 57.3 Å². The Morgan fingerprint density at radius 3 is 2.59 bits per heavy atom. The third-order valence-electron chi connectivity index (χ3n) is 3.47. The maximum absolute atomic E-state index is 11.9. The summed E-state index contributed by atoms with van der Waals surface area (Å²) in [6.07, 6.45) is 1.67. The van der Waals surface area contributed by atoms with Gasteiger partial charge in [0, 0.05) is 10.6 Å². The highest BCUT2D eigenvalue weighted by atomic mass is 32.2. The van der Waals surface area contributed by atoms with Crippen molar-refractivity contribution in [2.24, 2.45) is 5.10 Å². The summed E-state index contributed by atoms with van der Waals surface area (Å²) in [4.78, 5) is 12.9. The third-order valence-corrected chi connectivity index (χ3v) is 7.68. The number of hydrazone groups is 1. The molecule has 0 spiro atoms. The molecule has 0 atom stereocenters. The Bertz CT molecular complexity index is 918. The monoisotopic (exact) mass is 434 g/mol. The van der Waals surface area contributed by atoms with Gasteiger partial charge in [-0.25, -0.2) is 5.43 Å². The van der Waals surface area contributed by atoms with E-state index in [-0.39, 0.29) is 11.7 Å². The highest BCUT2D eigenvalue weighted by Gasteiger charge is 2.08. The Labute approximate surface area is 174 Å². The number of hydrogen-bond donors (Lipinski definition) is 1. The molecule has 1 N–H and O–H groups in total. The standard InChI is InChI=1S/C18H18N4OS4/c1-12-3-5-14(6-4-12)10-25-17-21-22-18(27-17)26-11-16(23)20-19-9-15-13(2)7-8-24-15/h3-9H,10-11H2,1-2H3,(H,20,23). The lowest BCUT2D eigenvalue weighted by molar-refractivity contribution is -0.118. The van der Waals surface area contributed by atoms with E-state index in [1.807, 2.05) is 18.4 Å². The lowest BCUT2D eigenvalue weighted by atomic mass is 10.2. The molecule has 5 nitrogen and oxygen atoms in total. The Balaban J connectivity index is 1.41. The van der Waals surface area contributed by atoms with Crippen molar-refractivity contribution in [2.45, 2.75) is 28.3 Å². The fourth-order valence-corrected chi connectivity index (χ4v) is 5.54. The van der Waals surface area contributed by atoms with Gasteiger partial charge in [-0.15, -0.1) is 21.5 Å². The van der Waals surface area contributed by atoms with Crippen molar-refractivity contribution in [1.29, 1.82) is 0 Å². The van der Waals surface area contributed by atoms with Gasteiger partial charge in [0.05, 0.1) is 12.0 Å². The van der Waals surface area contributed by atoms with Crippen molar-refractivity contribution in [2.75, 3.05) is 5.75 Å². The maximum atomic E-state index is 11.9. The van der Waals surface area contributed by atoms with E-state index in [4.69, 9.17) is 0 Å². The van der Waals surface area contributed by atoms with Gasteiger partial charge in [0.2, 0.25) is 0 Å². The van der Waals surface area contributed by atoms with Crippen LogP contribution >= 0.6 is 46.2 Å². The molecule has 0 bridgehead atoms. The van der Waals surface area contributed by atoms with Crippen LogP contribution in [0.3, 0.4) is 0 Å². The number of nitrogens with zero attached hydrogens (tertiary/aromatic N) is 3. The second kappa shape index (κ2) is 10.0. The van der Waals surface area contributed by atoms with Gasteiger partial charge in [-0.3, -0.25) is 4.79 Å². The Morgan fingerprint density at radius 1 is 1.15 bits per heavy atom. The lowest BCUT2D eigenvalue weighted by Gasteiger charge is -1.99. The number of rotatable bonds is 8. The normalized spacial score (nSPS) is 11.2. The minimum absolute atomic E-state index is 0.158. The van der Waals surface area contributed by atoms with Gasteiger partial charge in [0.1, 0.15) is 0 Å². The van der Waals surface area contributed by atoms with Gasteiger partial charge in [0.25, 0.3) is 5.91 Å². The van der Waals surface area contributed by atoms with Crippen LogP contribution in [-0.2, 0) is 10.5 Å². The number of hydrogen-bond acceptors (Lipinski definition) is 8. The van der Waals surface area contributed by atoms with E-state index in [0.29, 0.717) is 0 Å². The highest BCUT2D eigenvalue weighted by Crippen LogP contribution is 2.30. The van der Waals surface area contributed by atoms with Crippen LogP contribution in [0.2, 0.25) is 0 Å². The van der Waals surface area contributed by atoms with Crippen LogP contribution in [0.5, 0.6) is 0 Å². The maximum Gasteiger partial charge on any atom is 0.250 e. The molecule has 140 valence electrons. The van der Waals surface area contributed by atoms with Crippen LogP contribution < -0.4 is 5.43 Å². The first-order chi connectivity index (χ1) is 13.1. The summed E-state index contributed by atoms with van der Waals surface area (Å²) in [6.45, 7) is 4.09. The molecule has 0 saturated heterocycles. The van der Waals surface area contributed by atoms with Crippen LogP contribution in [0.25, 0.3) is 0 Å². The summed E-state index contributed by atoms with van der Waals surface area (Å²) in [5, 5.41) is 14.3. The number of thiophene rings is 1. The molecule has 9 heteroatoms. The molecule has 0 aliphatic carbocycles. The van der Waals surface area contributed by atoms with Crippen molar-refractivity contribution in [3.8, 4) is 0 Å². The molecule has 0 fully saturated rings. The van der Waals surface area contributed by atoms with Crippen LogP contribution in [0, 0.1) is 13.8 Å². The van der Waals surface area contributed by atoms with Crippen molar-refractivity contribution in [1.82, 2.24) is 15.6 Å². The SMILES string of the molecule is Cc1ccc(CSc2nnc(SCC(=O)NN=Cc3sccc3C)s2)cc1. The summed E-state index contributed by atoms with van der Waals surface area (Å²) in [7, 11) is 0. The minimum atomic E-state index is -0.158.